The van der Waals surface area contributed by atoms with Gasteiger partial charge in [0.05, 0.1) is 10.9 Å². The van der Waals surface area contributed by atoms with E-state index in [-0.39, 0.29) is 25.2 Å². The number of amides is 2. The molecule has 1 unspecified atom stereocenters. The van der Waals surface area contributed by atoms with E-state index < -0.39 is 10.0 Å². The lowest BCUT2D eigenvalue weighted by Gasteiger charge is -2.35. The number of hydrogen-bond donors (Lipinski definition) is 1. The van der Waals surface area contributed by atoms with Gasteiger partial charge in [0.15, 0.2) is 0 Å². The lowest BCUT2D eigenvalue weighted by molar-refractivity contribution is 0.169. The molecular formula is C21H26ClN3O3S. The van der Waals surface area contributed by atoms with Gasteiger partial charge in [0.1, 0.15) is 0 Å². The Morgan fingerprint density at radius 3 is 2.38 bits per heavy atom. The van der Waals surface area contributed by atoms with Gasteiger partial charge in [-0.1, -0.05) is 41.9 Å². The number of benzene rings is 2. The first-order chi connectivity index (χ1) is 13.7. The molecule has 1 heterocycles. The third-order valence-corrected chi connectivity index (χ3v) is 7.58. The average Bonchev–Trinajstić information content (AvgIpc) is 2.70. The predicted molar refractivity (Wildman–Crippen MR) is 115 cm³/mol. The topological polar surface area (TPSA) is 69.7 Å². The molecule has 29 heavy (non-hydrogen) atoms. The standard InChI is InChI=1S/C21H26ClN3O3S/c1-15-8-9-16(2)20(14-15)29(27,28)25-12-10-24(11-13-25)21(26)23-17(3)18-6-4-5-7-19(18)22/h4-9,14,17H,10-13H2,1-3H3,(H,23,26). The molecule has 156 valence electrons. The minimum atomic E-state index is -3.58. The summed E-state index contributed by atoms with van der Waals surface area (Å²) in [6.07, 6.45) is 0. The Morgan fingerprint density at radius 1 is 1.07 bits per heavy atom. The summed E-state index contributed by atoms with van der Waals surface area (Å²) in [5, 5.41) is 3.54. The highest BCUT2D eigenvalue weighted by molar-refractivity contribution is 7.89. The Balaban J connectivity index is 1.63. The number of nitrogens with zero attached hydrogens (tertiary/aromatic N) is 2. The van der Waals surface area contributed by atoms with Gasteiger partial charge in [-0.25, -0.2) is 13.2 Å². The number of sulfonamides is 1. The number of halogens is 1. The van der Waals surface area contributed by atoms with Crippen LogP contribution in [-0.2, 0) is 10.0 Å². The summed E-state index contributed by atoms with van der Waals surface area (Å²) in [5.41, 5.74) is 2.48. The second kappa shape index (κ2) is 8.73. The number of piperazine rings is 1. The van der Waals surface area contributed by atoms with E-state index in [9.17, 15) is 13.2 Å². The minimum absolute atomic E-state index is 0.221. The number of aryl methyl sites for hydroxylation is 2. The van der Waals surface area contributed by atoms with Crippen molar-refractivity contribution in [2.75, 3.05) is 26.2 Å². The van der Waals surface area contributed by atoms with Gasteiger partial charge in [-0.3, -0.25) is 0 Å². The zero-order valence-corrected chi connectivity index (χ0v) is 18.4. The van der Waals surface area contributed by atoms with Gasteiger partial charge in [-0.2, -0.15) is 4.31 Å². The molecule has 1 fully saturated rings. The summed E-state index contributed by atoms with van der Waals surface area (Å²) in [6, 6.07) is 12.3. The molecule has 0 bridgehead atoms. The van der Waals surface area contributed by atoms with Crippen molar-refractivity contribution >= 4 is 27.7 Å². The molecule has 1 N–H and O–H groups in total. The number of rotatable bonds is 4. The first-order valence-corrected chi connectivity index (χ1v) is 11.4. The van der Waals surface area contributed by atoms with Crippen LogP contribution < -0.4 is 5.32 Å². The molecule has 0 radical (unpaired) electrons. The molecule has 0 spiro atoms. The minimum Gasteiger partial charge on any atom is -0.331 e. The molecule has 0 aliphatic carbocycles. The van der Waals surface area contributed by atoms with E-state index in [4.69, 9.17) is 11.6 Å². The third kappa shape index (κ3) is 4.74. The van der Waals surface area contributed by atoms with Crippen LogP contribution in [0.5, 0.6) is 0 Å². The predicted octanol–water partition coefficient (Wildman–Crippen LogP) is 3.73. The molecule has 1 aliphatic heterocycles. The van der Waals surface area contributed by atoms with Gasteiger partial charge in [-0.15, -0.1) is 0 Å². The molecule has 0 aromatic heterocycles. The van der Waals surface area contributed by atoms with Crippen molar-refractivity contribution in [3.8, 4) is 0 Å². The number of hydrogen-bond acceptors (Lipinski definition) is 3. The number of carbonyl (C=O) groups is 1. The largest absolute Gasteiger partial charge is 0.331 e. The van der Waals surface area contributed by atoms with Crippen LogP contribution in [0.15, 0.2) is 47.4 Å². The van der Waals surface area contributed by atoms with Crippen molar-refractivity contribution in [3.63, 3.8) is 0 Å². The molecule has 0 saturated carbocycles. The van der Waals surface area contributed by atoms with E-state index in [1.807, 2.05) is 44.2 Å². The highest BCUT2D eigenvalue weighted by Gasteiger charge is 2.31. The van der Waals surface area contributed by atoms with Crippen LogP contribution in [0.3, 0.4) is 0 Å². The monoisotopic (exact) mass is 435 g/mol. The van der Waals surface area contributed by atoms with Crippen molar-refractivity contribution in [3.05, 3.63) is 64.2 Å². The third-order valence-electron chi connectivity index (χ3n) is 5.20. The van der Waals surface area contributed by atoms with Gasteiger partial charge in [0, 0.05) is 31.2 Å². The lowest BCUT2D eigenvalue weighted by atomic mass is 10.1. The fourth-order valence-electron chi connectivity index (χ4n) is 3.44. The maximum absolute atomic E-state index is 13.0. The van der Waals surface area contributed by atoms with E-state index in [0.717, 1.165) is 16.7 Å². The summed E-state index contributed by atoms with van der Waals surface area (Å²) < 4.78 is 27.5. The van der Waals surface area contributed by atoms with E-state index in [1.54, 1.807) is 24.0 Å². The van der Waals surface area contributed by atoms with Crippen molar-refractivity contribution < 1.29 is 13.2 Å². The molecule has 2 aromatic rings. The number of carbonyl (C=O) groups excluding carboxylic acids is 1. The zero-order chi connectivity index (χ0) is 21.2. The Bertz CT molecular complexity index is 1000. The molecule has 2 aromatic carbocycles. The van der Waals surface area contributed by atoms with Gasteiger partial charge in [-0.05, 0) is 49.6 Å². The fraction of sp³-hybridized carbons (Fsp3) is 0.381. The Labute approximate surface area is 177 Å². The lowest BCUT2D eigenvalue weighted by Crippen LogP contribution is -2.53. The van der Waals surface area contributed by atoms with Crippen molar-refractivity contribution in [2.24, 2.45) is 0 Å². The van der Waals surface area contributed by atoms with Crippen LogP contribution in [0.4, 0.5) is 4.79 Å². The van der Waals surface area contributed by atoms with Crippen LogP contribution in [0, 0.1) is 13.8 Å². The Hall–Kier alpha value is -2.09. The molecule has 8 heteroatoms. The van der Waals surface area contributed by atoms with Crippen molar-refractivity contribution in [2.45, 2.75) is 31.7 Å². The Morgan fingerprint density at radius 2 is 1.72 bits per heavy atom. The Kier molecular flexibility index (Phi) is 6.51. The molecular weight excluding hydrogens is 410 g/mol. The molecule has 2 amide bonds. The second-order valence-corrected chi connectivity index (χ2v) is 9.67. The van der Waals surface area contributed by atoms with Crippen LogP contribution in [0.1, 0.15) is 29.7 Å². The summed E-state index contributed by atoms with van der Waals surface area (Å²) >= 11 is 6.20. The number of nitrogens with one attached hydrogen (secondary N) is 1. The molecule has 1 atom stereocenters. The summed E-state index contributed by atoms with van der Waals surface area (Å²) in [6.45, 7) is 6.76. The van der Waals surface area contributed by atoms with Crippen molar-refractivity contribution in [1.82, 2.24) is 14.5 Å². The van der Waals surface area contributed by atoms with E-state index in [2.05, 4.69) is 5.32 Å². The average molecular weight is 436 g/mol. The maximum atomic E-state index is 13.0. The van der Waals surface area contributed by atoms with Gasteiger partial charge in [0.2, 0.25) is 10.0 Å². The molecule has 1 aliphatic rings. The fourth-order valence-corrected chi connectivity index (χ4v) is 5.47. The summed E-state index contributed by atoms with van der Waals surface area (Å²) in [7, 11) is -3.58. The van der Waals surface area contributed by atoms with Crippen LogP contribution >= 0.6 is 11.6 Å². The van der Waals surface area contributed by atoms with Gasteiger partial charge in [0.25, 0.3) is 0 Å². The van der Waals surface area contributed by atoms with E-state index in [0.29, 0.717) is 23.0 Å². The van der Waals surface area contributed by atoms with E-state index in [1.165, 1.54) is 4.31 Å². The second-order valence-electron chi connectivity index (χ2n) is 7.35. The summed E-state index contributed by atoms with van der Waals surface area (Å²) in [5.74, 6) is 0. The van der Waals surface area contributed by atoms with Crippen molar-refractivity contribution in [1.29, 1.82) is 0 Å². The van der Waals surface area contributed by atoms with Gasteiger partial charge < -0.3 is 10.2 Å². The quantitative estimate of drug-likeness (QED) is 0.795. The summed E-state index contributed by atoms with van der Waals surface area (Å²) in [4.78, 5) is 14.6. The smallest absolute Gasteiger partial charge is 0.317 e. The van der Waals surface area contributed by atoms with Crippen LogP contribution in [-0.4, -0.2) is 49.8 Å². The number of urea groups is 1. The highest BCUT2D eigenvalue weighted by atomic mass is 35.5. The molecule has 1 saturated heterocycles. The van der Waals surface area contributed by atoms with Crippen LogP contribution in [0.25, 0.3) is 0 Å². The molecule has 3 rings (SSSR count). The first-order valence-electron chi connectivity index (χ1n) is 9.57. The SMILES string of the molecule is Cc1ccc(C)c(S(=O)(=O)N2CCN(C(=O)NC(C)c3ccccc3Cl)CC2)c1. The first kappa shape index (κ1) is 21.6. The maximum Gasteiger partial charge on any atom is 0.317 e. The molecule has 6 nitrogen and oxygen atoms in total. The van der Waals surface area contributed by atoms with Crippen LogP contribution in [0.2, 0.25) is 5.02 Å². The van der Waals surface area contributed by atoms with Gasteiger partial charge >= 0.3 is 6.03 Å². The van der Waals surface area contributed by atoms with E-state index >= 15 is 0 Å². The highest BCUT2D eigenvalue weighted by Crippen LogP contribution is 2.24. The normalized spacial score (nSPS) is 16.5. The zero-order valence-electron chi connectivity index (χ0n) is 16.9.